The van der Waals surface area contributed by atoms with E-state index in [4.69, 9.17) is 0 Å². The average Bonchev–Trinajstić information content (AvgIpc) is 3.04. The van der Waals surface area contributed by atoms with E-state index in [9.17, 15) is 0 Å². The maximum absolute atomic E-state index is 4.38. The minimum Gasteiger partial charge on any atom is -1.00 e. The number of para-hydroxylation sites is 1. The molecule has 0 aliphatic carbocycles. The van der Waals surface area contributed by atoms with E-state index in [1.54, 1.807) is 0 Å². The van der Waals surface area contributed by atoms with Crippen LogP contribution in [0.3, 0.4) is 0 Å². The fourth-order valence-corrected chi connectivity index (χ4v) is 3.36. The van der Waals surface area contributed by atoms with Crippen molar-refractivity contribution in [2.24, 2.45) is 0 Å². The molecule has 25 heavy (non-hydrogen) atoms. The Balaban J connectivity index is 0.00000182. The molecule has 132 valence electrons. The highest BCUT2D eigenvalue weighted by molar-refractivity contribution is 5.58. The third kappa shape index (κ3) is 3.71. The highest BCUT2D eigenvalue weighted by Gasteiger charge is 2.16. The molecule has 0 bridgehead atoms. The zero-order chi connectivity index (χ0) is 16.4. The van der Waals surface area contributed by atoms with Gasteiger partial charge in [0.15, 0.2) is 0 Å². The van der Waals surface area contributed by atoms with Crippen LogP contribution >= 0.6 is 0 Å². The van der Waals surface area contributed by atoms with Crippen LogP contribution in [0, 0.1) is 6.92 Å². The van der Waals surface area contributed by atoms with E-state index in [1.165, 1.54) is 24.1 Å². The summed E-state index contributed by atoms with van der Waals surface area (Å²) in [5.74, 6) is 2.28. The number of hydrogen-bond acceptors (Lipinski definition) is 4. The van der Waals surface area contributed by atoms with Gasteiger partial charge in [0.05, 0.1) is 0 Å². The largest absolute Gasteiger partial charge is 1.00 e. The molecule has 0 amide bonds. The molecular weight excluding hydrogens is 334 g/mol. The Morgan fingerprint density at radius 3 is 2.60 bits per heavy atom. The first kappa shape index (κ1) is 17.5. The van der Waals surface area contributed by atoms with Crippen molar-refractivity contribution in [1.82, 2.24) is 19.7 Å². The highest BCUT2D eigenvalue weighted by Crippen LogP contribution is 2.22. The summed E-state index contributed by atoms with van der Waals surface area (Å²) in [6.07, 6.45) is 13.0. The summed E-state index contributed by atoms with van der Waals surface area (Å²) in [5.41, 5.74) is 2.49. The number of halogens is 1. The quantitative estimate of drug-likeness (QED) is 0.786. The van der Waals surface area contributed by atoms with Crippen molar-refractivity contribution in [3.05, 3.63) is 66.3 Å². The molecule has 0 fully saturated rings. The van der Waals surface area contributed by atoms with Gasteiger partial charge in [-0.25, -0.2) is 0 Å². The number of hydrogen-bond donors (Lipinski definition) is 0. The highest BCUT2D eigenvalue weighted by atomic mass is 35.5. The van der Waals surface area contributed by atoms with Crippen LogP contribution in [0.25, 0.3) is 0 Å². The van der Waals surface area contributed by atoms with Crippen molar-refractivity contribution in [1.29, 1.82) is 0 Å². The number of anilines is 1. The van der Waals surface area contributed by atoms with Crippen molar-refractivity contribution in [2.75, 3.05) is 11.4 Å². The van der Waals surface area contributed by atoms with Crippen LogP contribution in [-0.2, 0) is 19.4 Å². The molecule has 0 unspecified atom stereocenters. The van der Waals surface area contributed by atoms with Crippen LogP contribution < -0.4 is 17.3 Å². The van der Waals surface area contributed by atoms with Gasteiger partial charge in [-0.3, -0.25) is 0 Å². The van der Waals surface area contributed by atoms with Crippen molar-refractivity contribution < 1.29 is 12.4 Å². The summed E-state index contributed by atoms with van der Waals surface area (Å²) < 4.78 is 2.31. The van der Waals surface area contributed by atoms with Gasteiger partial charge in [0, 0.05) is 56.4 Å². The van der Waals surface area contributed by atoms with Gasteiger partial charge in [-0.15, -0.1) is 10.2 Å². The molecule has 0 saturated carbocycles. The molecule has 1 aromatic heterocycles. The van der Waals surface area contributed by atoms with E-state index in [0.717, 1.165) is 37.6 Å². The van der Waals surface area contributed by atoms with E-state index < -0.39 is 0 Å². The predicted octanol–water partition coefficient (Wildman–Crippen LogP) is 0.234. The normalized spacial score (nSPS) is 15.9. The Bertz CT molecular complexity index is 766. The standard InChI is InChI=1S/C19H23N5.ClH/c1-16-6-2-3-7-17(16)23-14-12-22(13-15-23)11-9-19-21-20-18-8-4-5-10-24(18)19;/h2-3,6-7,12-15H,4-5,8-11H2,1H3;1H/p-1. The van der Waals surface area contributed by atoms with Crippen LogP contribution in [0.5, 0.6) is 0 Å². The van der Waals surface area contributed by atoms with Crippen molar-refractivity contribution >= 4 is 5.69 Å². The number of aromatic nitrogens is 3. The molecule has 0 spiro atoms. The zero-order valence-electron chi connectivity index (χ0n) is 14.5. The van der Waals surface area contributed by atoms with Gasteiger partial charge >= 0.3 is 0 Å². The van der Waals surface area contributed by atoms with Crippen LogP contribution in [-0.4, -0.2) is 26.2 Å². The monoisotopic (exact) mass is 356 g/mol. The second-order valence-corrected chi connectivity index (χ2v) is 6.42. The van der Waals surface area contributed by atoms with Crippen LogP contribution in [0.2, 0.25) is 0 Å². The van der Waals surface area contributed by atoms with E-state index in [1.807, 2.05) is 0 Å². The fourth-order valence-electron chi connectivity index (χ4n) is 3.36. The first-order valence-electron chi connectivity index (χ1n) is 8.68. The molecule has 4 rings (SSSR count). The Morgan fingerprint density at radius 1 is 1.00 bits per heavy atom. The van der Waals surface area contributed by atoms with E-state index >= 15 is 0 Å². The Kier molecular flexibility index (Phi) is 5.43. The molecule has 1 aromatic carbocycles. The molecule has 0 atom stereocenters. The molecule has 2 aliphatic rings. The first-order valence-corrected chi connectivity index (χ1v) is 8.68. The minimum absolute atomic E-state index is 0. The van der Waals surface area contributed by atoms with Gasteiger partial charge in [-0.2, -0.15) is 0 Å². The maximum Gasteiger partial charge on any atom is 0.134 e. The number of fused-ring (bicyclic) bond motifs is 1. The van der Waals surface area contributed by atoms with E-state index in [-0.39, 0.29) is 12.4 Å². The maximum atomic E-state index is 4.38. The summed E-state index contributed by atoms with van der Waals surface area (Å²) in [5, 5.41) is 8.72. The van der Waals surface area contributed by atoms with Gasteiger partial charge < -0.3 is 26.8 Å². The molecule has 6 heteroatoms. The Labute approximate surface area is 155 Å². The number of benzene rings is 1. The molecular formula is C19H23ClN5-. The second-order valence-electron chi connectivity index (χ2n) is 6.42. The van der Waals surface area contributed by atoms with E-state index in [2.05, 4.69) is 80.6 Å². The van der Waals surface area contributed by atoms with Crippen LogP contribution in [0.15, 0.2) is 49.1 Å². The lowest BCUT2D eigenvalue weighted by Crippen LogP contribution is -3.00. The molecule has 3 heterocycles. The van der Waals surface area contributed by atoms with Crippen LogP contribution in [0.1, 0.15) is 30.1 Å². The molecule has 0 saturated heterocycles. The topological polar surface area (TPSA) is 37.2 Å². The fraction of sp³-hybridized carbons (Fsp3) is 0.368. The zero-order valence-corrected chi connectivity index (χ0v) is 15.2. The third-order valence-corrected chi connectivity index (χ3v) is 4.76. The SMILES string of the molecule is Cc1ccccc1N1C=CN(CCc2nnc3n2CCCC3)C=C1.[Cl-]. The number of nitrogens with zero attached hydrogens (tertiary/aromatic N) is 5. The smallest absolute Gasteiger partial charge is 0.134 e. The van der Waals surface area contributed by atoms with Gasteiger partial charge in [-0.05, 0) is 31.4 Å². The Morgan fingerprint density at radius 2 is 1.80 bits per heavy atom. The van der Waals surface area contributed by atoms with Crippen molar-refractivity contribution in [2.45, 2.75) is 39.2 Å². The molecule has 2 aromatic rings. The number of rotatable bonds is 4. The second kappa shape index (κ2) is 7.74. The molecule has 0 N–H and O–H groups in total. The lowest BCUT2D eigenvalue weighted by Gasteiger charge is -2.26. The minimum atomic E-state index is 0. The van der Waals surface area contributed by atoms with Gasteiger partial charge in [0.25, 0.3) is 0 Å². The lowest BCUT2D eigenvalue weighted by molar-refractivity contribution is -0.00000506. The van der Waals surface area contributed by atoms with Gasteiger partial charge in [-0.1, -0.05) is 18.2 Å². The summed E-state index contributed by atoms with van der Waals surface area (Å²) >= 11 is 0. The predicted molar refractivity (Wildman–Crippen MR) is 95.3 cm³/mol. The third-order valence-electron chi connectivity index (χ3n) is 4.76. The molecule has 2 aliphatic heterocycles. The number of aryl methyl sites for hydroxylation is 2. The summed E-state index contributed by atoms with van der Waals surface area (Å²) in [6, 6.07) is 8.42. The molecule has 0 radical (unpaired) electrons. The first-order chi connectivity index (χ1) is 11.8. The average molecular weight is 357 g/mol. The van der Waals surface area contributed by atoms with Crippen LogP contribution in [0.4, 0.5) is 5.69 Å². The van der Waals surface area contributed by atoms with Crippen molar-refractivity contribution in [3.63, 3.8) is 0 Å². The molecule has 5 nitrogen and oxygen atoms in total. The summed E-state index contributed by atoms with van der Waals surface area (Å²) in [7, 11) is 0. The Hall–Kier alpha value is -2.27. The lowest BCUT2D eigenvalue weighted by atomic mass is 10.1. The summed E-state index contributed by atoms with van der Waals surface area (Å²) in [6.45, 7) is 4.13. The van der Waals surface area contributed by atoms with Gasteiger partial charge in [0.2, 0.25) is 0 Å². The van der Waals surface area contributed by atoms with Crippen molar-refractivity contribution in [3.8, 4) is 0 Å². The summed E-state index contributed by atoms with van der Waals surface area (Å²) in [4.78, 5) is 4.37. The van der Waals surface area contributed by atoms with Gasteiger partial charge in [0.1, 0.15) is 11.6 Å². The van der Waals surface area contributed by atoms with E-state index in [0.29, 0.717) is 0 Å².